The Morgan fingerprint density at radius 2 is 1.96 bits per heavy atom. The molecule has 0 saturated carbocycles. The summed E-state index contributed by atoms with van der Waals surface area (Å²) in [6.07, 6.45) is 14.6. The van der Waals surface area contributed by atoms with E-state index in [1.807, 2.05) is 12.1 Å². The molecule has 0 bridgehead atoms. The highest BCUT2D eigenvalue weighted by atomic mass is 16.5. The third-order valence-electron chi connectivity index (χ3n) is 7.14. The maximum absolute atomic E-state index is 12.4. The number of nitrogens with zero attached hydrogens (tertiary/aromatic N) is 1. The first kappa shape index (κ1) is 17.2. The lowest BCUT2D eigenvalue weighted by Crippen LogP contribution is -2.53. The summed E-state index contributed by atoms with van der Waals surface area (Å²) in [5.41, 5.74) is 8.03. The number of allylic oxidation sites excluding steroid dienone is 2. The lowest BCUT2D eigenvalue weighted by Gasteiger charge is -2.44. The van der Waals surface area contributed by atoms with Gasteiger partial charge in [0.15, 0.2) is 0 Å². The summed E-state index contributed by atoms with van der Waals surface area (Å²) in [6.45, 7) is 1.65. The molecular formula is C23H28N2O2. The number of carbonyl (C=O) groups excluding carboxylic acids is 1. The van der Waals surface area contributed by atoms with Crippen molar-refractivity contribution in [1.29, 1.82) is 0 Å². The molecule has 5 atom stereocenters. The number of nitrogens with two attached hydrogens (primary N) is 1. The van der Waals surface area contributed by atoms with E-state index in [2.05, 4.69) is 41.3 Å². The molecule has 2 N–H and O–H groups in total. The Morgan fingerprint density at radius 1 is 1.15 bits per heavy atom. The van der Waals surface area contributed by atoms with Crippen LogP contribution in [0.3, 0.4) is 0 Å². The van der Waals surface area contributed by atoms with Gasteiger partial charge >= 0.3 is 0 Å². The van der Waals surface area contributed by atoms with Gasteiger partial charge in [-0.1, -0.05) is 48.6 Å². The van der Waals surface area contributed by atoms with E-state index in [4.69, 9.17) is 10.5 Å². The Bertz CT molecular complexity index is 801. The van der Waals surface area contributed by atoms with E-state index >= 15 is 0 Å². The van der Waals surface area contributed by atoms with E-state index < -0.39 is 0 Å². The highest BCUT2D eigenvalue weighted by Gasteiger charge is 2.55. The molecule has 4 nitrogen and oxygen atoms in total. The summed E-state index contributed by atoms with van der Waals surface area (Å²) in [7, 11) is 0. The SMILES string of the molecule is NC(=O)C1c2ccccc2CCN1CC12CC=CCC1C1CC=CCC1O2. The first-order chi connectivity index (χ1) is 13.2. The number of benzene rings is 1. The van der Waals surface area contributed by atoms with E-state index in [9.17, 15) is 4.79 Å². The van der Waals surface area contributed by atoms with Crippen LogP contribution in [-0.4, -0.2) is 35.6 Å². The van der Waals surface area contributed by atoms with Gasteiger partial charge in [0.2, 0.25) is 5.91 Å². The smallest absolute Gasteiger partial charge is 0.239 e. The summed E-state index contributed by atoms with van der Waals surface area (Å²) >= 11 is 0. The predicted octanol–water partition coefficient (Wildman–Crippen LogP) is 3.14. The summed E-state index contributed by atoms with van der Waals surface area (Å²) < 4.78 is 6.78. The fraction of sp³-hybridized carbons (Fsp3) is 0.522. The summed E-state index contributed by atoms with van der Waals surface area (Å²) in [5, 5.41) is 0. The quantitative estimate of drug-likeness (QED) is 0.839. The molecule has 4 heteroatoms. The second kappa shape index (κ2) is 6.61. The highest BCUT2D eigenvalue weighted by Crippen LogP contribution is 2.52. The van der Waals surface area contributed by atoms with Gasteiger partial charge in [0.1, 0.15) is 6.04 Å². The number of carbonyl (C=O) groups is 1. The van der Waals surface area contributed by atoms with Gasteiger partial charge < -0.3 is 10.5 Å². The fourth-order valence-corrected chi connectivity index (χ4v) is 5.95. The monoisotopic (exact) mass is 364 g/mol. The van der Waals surface area contributed by atoms with Crippen molar-refractivity contribution in [2.75, 3.05) is 13.1 Å². The van der Waals surface area contributed by atoms with E-state index in [-0.39, 0.29) is 17.6 Å². The van der Waals surface area contributed by atoms with E-state index in [0.717, 1.165) is 50.8 Å². The number of ether oxygens (including phenoxy) is 1. The number of hydrogen-bond acceptors (Lipinski definition) is 3. The second-order valence-electron chi connectivity index (χ2n) is 8.57. The van der Waals surface area contributed by atoms with Crippen molar-refractivity contribution in [2.24, 2.45) is 17.6 Å². The molecule has 0 aromatic heterocycles. The lowest BCUT2D eigenvalue weighted by atomic mass is 9.70. The van der Waals surface area contributed by atoms with Crippen molar-refractivity contribution in [3.8, 4) is 0 Å². The van der Waals surface area contributed by atoms with E-state index in [0.29, 0.717) is 17.9 Å². The van der Waals surface area contributed by atoms with Crippen LogP contribution in [-0.2, 0) is 16.0 Å². The number of fused-ring (bicyclic) bond motifs is 4. The Labute approximate surface area is 161 Å². The molecule has 0 radical (unpaired) electrons. The summed E-state index contributed by atoms with van der Waals surface area (Å²) in [6, 6.07) is 7.89. The minimum absolute atomic E-state index is 0.184. The predicted molar refractivity (Wildman–Crippen MR) is 105 cm³/mol. The first-order valence-electron chi connectivity index (χ1n) is 10.3. The highest BCUT2D eigenvalue weighted by molar-refractivity contribution is 5.82. The summed E-state index contributed by atoms with van der Waals surface area (Å²) in [4.78, 5) is 14.7. The Morgan fingerprint density at radius 3 is 2.85 bits per heavy atom. The maximum atomic E-state index is 12.4. The largest absolute Gasteiger partial charge is 0.369 e. The van der Waals surface area contributed by atoms with Gasteiger partial charge in [0.05, 0.1) is 11.7 Å². The molecule has 27 heavy (non-hydrogen) atoms. The van der Waals surface area contributed by atoms with Crippen LogP contribution in [0.15, 0.2) is 48.6 Å². The molecule has 1 saturated heterocycles. The lowest BCUT2D eigenvalue weighted by molar-refractivity contribution is -0.128. The number of amides is 1. The van der Waals surface area contributed by atoms with Gasteiger partial charge in [-0.15, -0.1) is 0 Å². The molecule has 2 aliphatic carbocycles. The zero-order valence-electron chi connectivity index (χ0n) is 15.7. The van der Waals surface area contributed by atoms with Crippen molar-refractivity contribution >= 4 is 5.91 Å². The molecule has 1 aromatic rings. The molecule has 4 aliphatic rings. The normalized spacial score (nSPS) is 37.5. The topological polar surface area (TPSA) is 55.6 Å². The van der Waals surface area contributed by atoms with Crippen molar-refractivity contribution in [1.82, 2.24) is 4.90 Å². The molecule has 0 spiro atoms. The van der Waals surface area contributed by atoms with Gasteiger partial charge in [-0.25, -0.2) is 0 Å². The number of hydrogen-bond donors (Lipinski definition) is 1. The molecule has 1 aromatic carbocycles. The van der Waals surface area contributed by atoms with Crippen LogP contribution in [0.1, 0.15) is 42.9 Å². The van der Waals surface area contributed by atoms with Crippen LogP contribution in [0, 0.1) is 11.8 Å². The fourth-order valence-electron chi connectivity index (χ4n) is 5.95. The average Bonchev–Trinajstić information content (AvgIpc) is 3.01. The second-order valence-corrected chi connectivity index (χ2v) is 8.57. The molecule has 1 fully saturated rings. The van der Waals surface area contributed by atoms with E-state index in [1.54, 1.807) is 0 Å². The molecular weight excluding hydrogens is 336 g/mol. The molecule has 2 heterocycles. The Balaban J connectivity index is 1.46. The van der Waals surface area contributed by atoms with Crippen LogP contribution in [0.5, 0.6) is 0 Å². The third kappa shape index (κ3) is 2.77. The van der Waals surface area contributed by atoms with Crippen molar-refractivity contribution < 1.29 is 9.53 Å². The van der Waals surface area contributed by atoms with Crippen molar-refractivity contribution in [3.05, 3.63) is 59.7 Å². The number of rotatable bonds is 3. The molecule has 5 unspecified atom stereocenters. The van der Waals surface area contributed by atoms with Crippen LogP contribution in [0.4, 0.5) is 0 Å². The van der Waals surface area contributed by atoms with Gasteiger partial charge in [-0.2, -0.15) is 0 Å². The van der Waals surface area contributed by atoms with E-state index in [1.165, 1.54) is 5.56 Å². The van der Waals surface area contributed by atoms with Gasteiger partial charge in [0, 0.05) is 13.1 Å². The maximum Gasteiger partial charge on any atom is 0.239 e. The average molecular weight is 364 g/mol. The Hall–Kier alpha value is -1.91. The van der Waals surface area contributed by atoms with Gasteiger partial charge in [-0.05, 0) is 55.1 Å². The zero-order chi connectivity index (χ0) is 18.4. The Kier molecular flexibility index (Phi) is 4.21. The standard InChI is InChI=1S/C23H28N2O2/c24-22(26)21-17-8-2-1-7-16(17)12-14-25(21)15-23-13-6-5-10-19(23)18-9-3-4-11-20(18)27-23/h1-8,18-21H,9-15H2,(H2,24,26). The van der Waals surface area contributed by atoms with Crippen molar-refractivity contribution in [3.63, 3.8) is 0 Å². The molecule has 5 rings (SSSR count). The number of primary amides is 1. The van der Waals surface area contributed by atoms with Crippen LogP contribution in [0.25, 0.3) is 0 Å². The van der Waals surface area contributed by atoms with Crippen LogP contribution < -0.4 is 5.73 Å². The molecule has 2 aliphatic heterocycles. The zero-order valence-corrected chi connectivity index (χ0v) is 15.7. The first-order valence-corrected chi connectivity index (χ1v) is 10.3. The van der Waals surface area contributed by atoms with Gasteiger partial charge in [0.25, 0.3) is 0 Å². The molecule has 142 valence electrons. The van der Waals surface area contributed by atoms with Crippen LogP contribution >= 0.6 is 0 Å². The van der Waals surface area contributed by atoms with Gasteiger partial charge in [-0.3, -0.25) is 9.69 Å². The van der Waals surface area contributed by atoms with Crippen molar-refractivity contribution in [2.45, 2.75) is 49.9 Å². The minimum Gasteiger partial charge on any atom is -0.369 e. The molecule has 1 amide bonds. The van der Waals surface area contributed by atoms with Crippen LogP contribution in [0.2, 0.25) is 0 Å². The summed E-state index contributed by atoms with van der Waals surface area (Å²) in [5.74, 6) is 0.880. The third-order valence-corrected chi connectivity index (χ3v) is 7.14. The minimum atomic E-state index is -0.347.